The lowest BCUT2D eigenvalue weighted by molar-refractivity contribution is 0.0999. The normalized spacial score (nSPS) is 27.5. The molecule has 0 radical (unpaired) electrons. The number of ether oxygens (including phenoxy) is 1. The van der Waals surface area contributed by atoms with Gasteiger partial charge in [-0.3, -0.25) is 0 Å². The maximum Gasteiger partial charge on any atom is 0.0576 e. The molecule has 1 N–H and O–H groups in total. The van der Waals surface area contributed by atoms with Gasteiger partial charge in [-0.1, -0.05) is 26.2 Å². The van der Waals surface area contributed by atoms with Crippen molar-refractivity contribution in [3.63, 3.8) is 0 Å². The van der Waals surface area contributed by atoms with Crippen LogP contribution >= 0.6 is 0 Å². The quantitative estimate of drug-likeness (QED) is 0.743. The van der Waals surface area contributed by atoms with Gasteiger partial charge in [0.1, 0.15) is 0 Å². The molecular formula is C16H31NO. The molecule has 2 heteroatoms. The van der Waals surface area contributed by atoms with E-state index in [1.54, 1.807) is 0 Å². The van der Waals surface area contributed by atoms with Crippen LogP contribution in [-0.4, -0.2) is 25.3 Å². The molecule has 1 saturated heterocycles. The Morgan fingerprint density at radius 2 is 1.94 bits per heavy atom. The second-order valence-electron chi connectivity index (χ2n) is 6.13. The Labute approximate surface area is 113 Å². The van der Waals surface area contributed by atoms with E-state index in [0.717, 1.165) is 25.1 Å². The highest BCUT2D eigenvalue weighted by molar-refractivity contribution is 4.79. The minimum atomic E-state index is 0.582. The first-order valence-corrected chi connectivity index (χ1v) is 8.25. The molecule has 2 aliphatic rings. The van der Waals surface area contributed by atoms with Crippen LogP contribution in [0.25, 0.3) is 0 Å². The molecule has 0 aromatic rings. The SMILES string of the molecule is CCNC(CCCC1CCCO1)C1CCCCC1. The van der Waals surface area contributed by atoms with Crippen molar-refractivity contribution in [2.45, 2.75) is 83.3 Å². The molecule has 2 rings (SSSR count). The Morgan fingerprint density at radius 3 is 2.61 bits per heavy atom. The third kappa shape index (κ3) is 4.55. The number of hydrogen-bond donors (Lipinski definition) is 1. The van der Waals surface area contributed by atoms with E-state index in [0.29, 0.717) is 6.10 Å². The van der Waals surface area contributed by atoms with Gasteiger partial charge in [0.2, 0.25) is 0 Å². The second-order valence-corrected chi connectivity index (χ2v) is 6.13. The van der Waals surface area contributed by atoms with E-state index < -0.39 is 0 Å². The maximum absolute atomic E-state index is 5.72. The van der Waals surface area contributed by atoms with Crippen LogP contribution in [0.4, 0.5) is 0 Å². The molecule has 2 nitrogen and oxygen atoms in total. The predicted molar refractivity (Wildman–Crippen MR) is 76.9 cm³/mol. The van der Waals surface area contributed by atoms with Crippen LogP contribution in [0.2, 0.25) is 0 Å². The summed E-state index contributed by atoms with van der Waals surface area (Å²) in [4.78, 5) is 0. The van der Waals surface area contributed by atoms with Gasteiger partial charge >= 0.3 is 0 Å². The van der Waals surface area contributed by atoms with Crippen molar-refractivity contribution >= 4 is 0 Å². The Morgan fingerprint density at radius 1 is 1.11 bits per heavy atom. The van der Waals surface area contributed by atoms with Crippen molar-refractivity contribution in [2.24, 2.45) is 5.92 Å². The Hall–Kier alpha value is -0.0800. The first kappa shape index (κ1) is 14.3. The van der Waals surface area contributed by atoms with Gasteiger partial charge in [-0.05, 0) is 57.4 Å². The lowest BCUT2D eigenvalue weighted by atomic mass is 9.82. The zero-order valence-electron chi connectivity index (χ0n) is 12.1. The van der Waals surface area contributed by atoms with Crippen LogP contribution in [0, 0.1) is 5.92 Å². The lowest BCUT2D eigenvalue weighted by Crippen LogP contribution is -2.37. The zero-order chi connectivity index (χ0) is 12.6. The molecule has 0 amide bonds. The van der Waals surface area contributed by atoms with Crippen molar-refractivity contribution in [2.75, 3.05) is 13.2 Å². The summed E-state index contributed by atoms with van der Waals surface area (Å²) in [5, 5.41) is 3.74. The Balaban J connectivity index is 1.67. The number of nitrogens with one attached hydrogen (secondary N) is 1. The van der Waals surface area contributed by atoms with Gasteiger partial charge in [0, 0.05) is 12.6 Å². The van der Waals surface area contributed by atoms with Crippen molar-refractivity contribution in [1.82, 2.24) is 5.32 Å². The van der Waals surface area contributed by atoms with E-state index in [9.17, 15) is 0 Å². The average Bonchev–Trinajstić information content (AvgIpc) is 2.92. The highest BCUT2D eigenvalue weighted by Gasteiger charge is 2.23. The lowest BCUT2D eigenvalue weighted by Gasteiger charge is -2.31. The molecule has 2 atom stereocenters. The fourth-order valence-electron chi connectivity index (χ4n) is 3.74. The molecule has 2 unspecified atom stereocenters. The van der Waals surface area contributed by atoms with Gasteiger partial charge in [-0.2, -0.15) is 0 Å². The van der Waals surface area contributed by atoms with Crippen LogP contribution in [0.5, 0.6) is 0 Å². The molecule has 1 aliphatic carbocycles. The van der Waals surface area contributed by atoms with Crippen LogP contribution in [0.3, 0.4) is 0 Å². The second kappa shape index (κ2) is 8.16. The van der Waals surface area contributed by atoms with Crippen molar-refractivity contribution < 1.29 is 4.74 Å². The fraction of sp³-hybridized carbons (Fsp3) is 1.00. The van der Waals surface area contributed by atoms with Crippen molar-refractivity contribution in [3.8, 4) is 0 Å². The van der Waals surface area contributed by atoms with E-state index in [1.165, 1.54) is 64.2 Å². The summed E-state index contributed by atoms with van der Waals surface area (Å²) in [6.07, 6.45) is 14.4. The van der Waals surface area contributed by atoms with Gasteiger partial charge in [0.15, 0.2) is 0 Å². The van der Waals surface area contributed by atoms with Crippen LogP contribution in [-0.2, 0) is 4.74 Å². The Bertz CT molecular complexity index is 207. The van der Waals surface area contributed by atoms with Crippen molar-refractivity contribution in [1.29, 1.82) is 0 Å². The number of rotatable bonds is 7. The molecule has 0 bridgehead atoms. The van der Waals surface area contributed by atoms with Crippen molar-refractivity contribution in [3.05, 3.63) is 0 Å². The van der Waals surface area contributed by atoms with E-state index in [4.69, 9.17) is 4.74 Å². The minimum absolute atomic E-state index is 0.582. The first-order chi connectivity index (χ1) is 8.90. The first-order valence-electron chi connectivity index (χ1n) is 8.25. The molecule has 1 saturated carbocycles. The monoisotopic (exact) mass is 253 g/mol. The third-order valence-corrected chi connectivity index (χ3v) is 4.75. The van der Waals surface area contributed by atoms with E-state index >= 15 is 0 Å². The molecule has 1 aliphatic heterocycles. The smallest absolute Gasteiger partial charge is 0.0576 e. The third-order valence-electron chi connectivity index (χ3n) is 4.75. The fourth-order valence-corrected chi connectivity index (χ4v) is 3.74. The van der Waals surface area contributed by atoms with Crippen LogP contribution in [0.15, 0.2) is 0 Å². The van der Waals surface area contributed by atoms with Gasteiger partial charge in [0.25, 0.3) is 0 Å². The highest BCUT2D eigenvalue weighted by Crippen LogP contribution is 2.29. The molecule has 106 valence electrons. The molecule has 0 aromatic heterocycles. The summed E-state index contributed by atoms with van der Waals surface area (Å²) in [5.74, 6) is 0.947. The largest absolute Gasteiger partial charge is 0.378 e. The van der Waals surface area contributed by atoms with Gasteiger partial charge in [-0.15, -0.1) is 0 Å². The highest BCUT2D eigenvalue weighted by atomic mass is 16.5. The molecular weight excluding hydrogens is 222 g/mol. The average molecular weight is 253 g/mol. The summed E-state index contributed by atoms with van der Waals surface area (Å²) in [6.45, 7) is 4.38. The van der Waals surface area contributed by atoms with Crippen LogP contribution in [0.1, 0.15) is 71.1 Å². The van der Waals surface area contributed by atoms with E-state index in [1.807, 2.05) is 0 Å². The summed E-state index contributed by atoms with van der Waals surface area (Å²) in [7, 11) is 0. The Kier molecular flexibility index (Phi) is 6.50. The predicted octanol–water partition coefficient (Wildman–Crippen LogP) is 3.89. The zero-order valence-corrected chi connectivity index (χ0v) is 12.1. The summed E-state index contributed by atoms with van der Waals surface area (Å²) in [6, 6.07) is 0.775. The molecule has 2 fully saturated rings. The number of hydrogen-bond acceptors (Lipinski definition) is 2. The summed E-state index contributed by atoms with van der Waals surface area (Å²) < 4.78 is 5.72. The van der Waals surface area contributed by atoms with Gasteiger partial charge in [-0.25, -0.2) is 0 Å². The summed E-state index contributed by atoms with van der Waals surface area (Å²) >= 11 is 0. The van der Waals surface area contributed by atoms with Gasteiger partial charge < -0.3 is 10.1 Å². The van der Waals surface area contributed by atoms with E-state index in [-0.39, 0.29) is 0 Å². The minimum Gasteiger partial charge on any atom is -0.378 e. The van der Waals surface area contributed by atoms with Crippen LogP contribution < -0.4 is 5.32 Å². The molecule has 1 heterocycles. The molecule has 18 heavy (non-hydrogen) atoms. The topological polar surface area (TPSA) is 21.3 Å². The summed E-state index contributed by atoms with van der Waals surface area (Å²) in [5.41, 5.74) is 0. The van der Waals surface area contributed by atoms with E-state index in [2.05, 4.69) is 12.2 Å². The van der Waals surface area contributed by atoms with Gasteiger partial charge in [0.05, 0.1) is 6.10 Å². The molecule has 0 aromatic carbocycles. The standard InChI is InChI=1S/C16H31NO/c1-2-17-16(14-8-4-3-5-9-14)12-6-10-15-11-7-13-18-15/h14-17H,2-13H2,1H3. The maximum atomic E-state index is 5.72. The molecule has 0 spiro atoms.